The summed E-state index contributed by atoms with van der Waals surface area (Å²) in [5.41, 5.74) is 0.0729. The quantitative estimate of drug-likeness (QED) is 0.847. The minimum Gasteiger partial charge on any atom is -0.477 e. The molecule has 0 bridgehead atoms. The average molecular weight is 313 g/mol. The van der Waals surface area contributed by atoms with Crippen molar-refractivity contribution in [2.45, 2.75) is 6.18 Å². The van der Waals surface area contributed by atoms with E-state index in [2.05, 4.69) is 4.98 Å². The maximum absolute atomic E-state index is 12.5. The Morgan fingerprint density at radius 2 is 2.00 bits per heavy atom. The van der Waals surface area contributed by atoms with Gasteiger partial charge in [-0.2, -0.15) is 18.4 Å². The van der Waals surface area contributed by atoms with Crippen molar-refractivity contribution in [1.82, 2.24) is 4.98 Å². The number of nitriles is 1. The van der Waals surface area contributed by atoms with E-state index in [1.807, 2.05) is 0 Å². The molecule has 0 atom stereocenters. The topological polar surface area (TPSA) is 45.9 Å². The van der Waals surface area contributed by atoms with Crippen molar-refractivity contribution in [3.63, 3.8) is 0 Å². The van der Waals surface area contributed by atoms with Crippen molar-refractivity contribution in [2.75, 3.05) is 6.61 Å². The van der Waals surface area contributed by atoms with E-state index < -0.39 is 11.7 Å². The monoisotopic (exact) mass is 312 g/mol. The molecular weight excluding hydrogens is 305 g/mol. The zero-order valence-electron chi connectivity index (χ0n) is 10.5. The van der Waals surface area contributed by atoms with E-state index in [0.29, 0.717) is 16.3 Å². The second-order valence-corrected chi connectivity index (χ2v) is 4.43. The van der Waals surface area contributed by atoms with Crippen LogP contribution in [-0.2, 0) is 6.18 Å². The number of nitrogens with zero attached hydrogens (tertiary/aromatic N) is 2. The highest BCUT2D eigenvalue weighted by atomic mass is 35.5. The van der Waals surface area contributed by atoms with Crippen molar-refractivity contribution >= 4 is 11.6 Å². The van der Waals surface area contributed by atoms with Crippen LogP contribution in [0, 0.1) is 11.3 Å². The number of ether oxygens (including phenoxy) is 1. The minimum atomic E-state index is -4.42. The molecule has 1 heterocycles. The number of halogens is 4. The molecule has 0 aliphatic carbocycles. The number of pyridine rings is 1. The van der Waals surface area contributed by atoms with Crippen LogP contribution in [0.25, 0.3) is 11.3 Å². The Kier molecular flexibility index (Phi) is 4.34. The van der Waals surface area contributed by atoms with Gasteiger partial charge in [-0.3, -0.25) is 4.98 Å². The van der Waals surface area contributed by atoms with Gasteiger partial charge in [-0.15, -0.1) is 0 Å². The molecule has 0 spiro atoms. The Hall–Kier alpha value is -2.26. The van der Waals surface area contributed by atoms with Crippen molar-refractivity contribution in [2.24, 2.45) is 0 Å². The highest BCUT2D eigenvalue weighted by Crippen LogP contribution is 2.32. The fourth-order valence-electron chi connectivity index (χ4n) is 1.62. The Bertz CT molecular complexity index is 678. The molecule has 0 N–H and O–H groups in total. The lowest BCUT2D eigenvalue weighted by atomic mass is 10.1. The van der Waals surface area contributed by atoms with Gasteiger partial charge in [-0.05, 0) is 24.3 Å². The van der Waals surface area contributed by atoms with Gasteiger partial charge >= 0.3 is 6.18 Å². The van der Waals surface area contributed by atoms with Crippen LogP contribution in [0.2, 0.25) is 5.02 Å². The van der Waals surface area contributed by atoms with E-state index in [-0.39, 0.29) is 12.4 Å². The highest BCUT2D eigenvalue weighted by Gasteiger charge is 2.30. The first-order valence-electron chi connectivity index (χ1n) is 5.75. The number of alkyl halides is 3. The van der Waals surface area contributed by atoms with Crippen LogP contribution < -0.4 is 4.74 Å². The van der Waals surface area contributed by atoms with Crippen molar-refractivity contribution in [3.8, 4) is 23.1 Å². The molecule has 1 aromatic heterocycles. The number of hydrogen-bond donors (Lipinski definition) is 0. The molecule has 0 fully saturated rings. The maximum atomic E-state index is 12.5. The lowest BCUT2D eigenvalue weighted by Crippen LogP contribution is -2.05. The normalized spacial score (nSPS) is 11.0. The second kappa shape index (κ2) is 6.02. The fourth-order valence-corrected chi connectivity index (χ4v) is 1.79. The van der Waals surface area contributed by atoms with Crippen LogP contribution >= 0.6 is 11.6 Å². The highest BCUT2D eigenvalue weighted by molar-refractivity contribution is 6.32. The molecule has 0 saturated carbocycles. The minimum absolute atomic E-state index is 0.177. The maximum Gasteiger partial charge on any atom is 0.417 e. The Labute approximate surface area is 123 Å². The predicted octanol–water partition coefficient (Wildman–Crippen LogP) is 4.32. The third kappa shape index (κ3) is 3.64. The molecule has 3 nitrogen and oxygen atoms in total. The third-order valence-corrected chi connectivity index (χ3v) is 2.92. The fraction of sp³-hybridized carbons (Fsp3) is 0.143. The number of hydrogen-bond acceptors (Lipinski definition) is 3. The number of aromatic nitrogens is 1. The molecule has 0 saturated heterocycles. The van der Waals surface area contributed by atoms with Crippen LogP contribution in [0.15, 0.2) is 36.5 Å². The van der Waals surface area contributed by atoms with Crippen LogP contribution in [0.5, 0.6) is 5.75 Å². The summed E-state index contributed by atoms with van der Waals surface area (Å²) in [6, 6.07) is 8.68. The summed E-state index contributed by atoms with van der Waals surface area (Å²) in [7, 11) is 0. The van der Waals surface area contributed by atoms with Crippen LogP contribution in [-0.4, -0.2) is 11.6 Å². The Morgan fingerprint density at radius 1 is 1.24 bits per heavy atom. The standard InChI is InChI=1S/C14H8ClF3N2O/c15-11-3-1-9(7-13(11)21-6-5-19)12-4-2-10(8-20-12)14(16,17)18/h1-4,7-8H,6H2. The largest absolute Gasteiger partial charge is 0.477 e. The van der Waals surface area contributed by atoms with Crippen molar-refractivity contribution in [1.29, 1.82) is 5.26 Å². The summed E-state index contributed by atoms with van der Waals surface area (Å²) in [6.07, 6.45) is -3.66. The molecule has 1 aromatic carbocycles. The van der Waals surface area contributed by atoms with Gasteiger partial charge in [0.2, 0.25) is 0 Å². The number of benzene rings is 1. The molecule has 0 radical (unpaired) electrons. The summed E-state index contributed by atoms with van der Waals surface area (Å²) >= 11 is 5.90. The van der Waals surface area contributed by atoms with E-state index in [0.717, 1.165) is 12.3 Å². The molecular formula is C14H8ClF3N2O. The summed E-state index contributed by atoms with van der Waals surface area (Å²) in [6.45, 7) is -0.177. The SMILES string of the molecule is N#CCOc1cc(-c2ccc(C(F)(F)F)cn2)ccc1Cl. The third-order valence-electron chi connectivity index (χ3n) is 2.61. The summed E-state index contributed by atoms with van der Waals surface area (Å²) < 4.78 is 42.5. The van der Waals surface area contributed by atoms with E-state index in [4.69, 9.17) is 21.6 Å². The number of rotatable bonds is 3. The lowest BCUT2D eigenvalue weighted by Gasteiger charge is -2.09. The van der Waals surface area contributed by atoms with Crippen LogP contribution in [0.1, 0.15) is 5.56 Å². The van der Waals surface area contributed by atoms with E-state index in [1.54, 1.807) is 12.1 Å². The van der Waals surface area contributed by atoms with E-state index in [9.17, 15) is 13.2 Å². The van der Waals surface area contributed by atoms with E-state index >= 15 is 0 Å². The van der Waals surface area contributed by atoms with Crippen molar-refractivity contribution < 1.29 is 17.9 Å². The molecule has 108 valence electrons. The first-order chi connectivity index (χ1) is 9.91. The van der Waals surface area contributed by atoms with Gasteiger partial charge in [0.15, 0.2) is 6.61 Å². The smallest absolute Gasteiger partial charge is 0.417 e. The Morgan fingerprint density at radius 3 is 2.57 bits per heavy atom. The zero-order chi connectivity index (χ0) is 15.5. The zero-order valence-corrected chi connectivity index (χ0v) is 11.2. The van der Waals surface area contributed by atoms with Gasteiger partial charge in [-0.1, -0.05) is 17.7 Å². The molecule has 0 amide bonds. The molecule has 2 aromatic rings. The van der Waals surface area contributed by atoms with Gasteiger partial charge in [0, 0.05) is 11.8 Å². The van der Waals surface area contributed by atoms with Crippen LogP contribution in [0.4, 0.5) is 13.2 Å². The first kappa shape index (κ1) is 15.1. The van der Waals surface area contributed by atoms with Gasteiger partial charge < -0.3 is 4.74 Å². The molecule has 21 heavy (non-hydrogen) atoms. The molecule has 0 aliphatic heterocycles. The van der Waals surface area contributed by atoms with Crippen molar-refractivity contribution in [3.05, 3.63) is 47.1 Å². The lowest BCUT2D eigenvalue weighted by molar-refractivity contribution is -0.137. The summed E-state index contributed by atoms with van der Waals surface area (Å²) in [4.78, 5) is 3.78. The molecule has 2 rings (SSSR count). The summed E-state index contributed by atoms with van der Waals surface area (Å²) in [5, 5.41) is 8.78. The van der Waals surface area contributed by atoms with Gasteiger partial charge in [0.05, 0.1) is 16.3 Å². The van der Waals surface area contributed by atoms with Gasteiger partial charge in [0.1, 0.15) is 11.8 Å². The molecule has 0 unspecified atom stereocenters. The Balaban J connectivity index is 2.32. The van der Waals surface area contributed by atoms with Crippen LogP contribution in [0.3, 0.4) is 0 Å². The summed E-state index contributed by atoms with van der Waals surface area (Å²) in [5.74, 6) is 0.275. The van der Waals surface area contributed by atoms with Gasteiger partial charge in [-0.25, -0.2) is 0 Å². The van der Waals surface area contributed by atoms with Gasteiger partial charge in [0.25, 0.3) is 0 Å². The molecule has 7 heteroatoms. The average Bonchev–Trinajstić information content (AvgIpc) is 2.46. The predicted molar refractivity (Wildman–Crippen MR) is 70.8 cm³/mol. The molecule has 0 aliphatic rings. The second-order valence-electron chi connectivity index (χ2n) is 4.02. The van der Waals surface area contributed by atoms with E-state index in [1.165, 1.54) is 18.2 Å². The first-order valence-corrected chi connectivity index (χ1v) is 6.12.